The summed E-state index contributed by atoms with van der Waals surface area (Å²) in [6, 6.07) is 3.72. The first-order valence-corrected chi connectivity index (χ1v) is 5.05. The van der Waals surface area contributed by atoms with E-state index in [1.54, 1.807) is 11.2 Å². The minimum absolute atomic E-state index is 0.0401. The van der Waals surface area contributed by atoms with Gasteiger partial charge in [-0.15, -0.1) is 6.42 Å². The minimum atomic E-state index is -0.874. The number of hydrogen-bond acceptors (Lipinski definition) is 3. The van der Waals surface area contributed by atoms with Crippen LogP contribution in [-0.2, 0) is 11.2 Å². The molecule has 1 heterocycles. The molecule has 0 bridgehead atoms. The van der Waals surface area contributed by atoms with Gasteiger partial charge in [-0.25, -0.2) is 0 Å². The highest BCUT2D eigenvalue weighted by Crippen LogP contribution is 2.08. The van der Waals surface area contributed by atoms with Crippen LogP contribution < -0.4 is 0 Å². The van der Waals surface area contributed by atoms with Gasteiger partial charge in [-0.1, -0.05) is 5.92 Å². The summed E-state index contributed by atoms with van der Waals surface area (Å²) in [5.74, 6) is 2.43. The number of rotatable bonds is 6. The van der Waals surface area contributed by atoms with E-state index in [2.05, 4.69) is 5.92 Å². The second-order valence-corrected chi connectivity index (χ2v) is 3.64. The molecule has 0 fully saturated rings. The number of nitrogens with zero attached hydrogens (tertiary/aromatic N) is 1. The molecule has 1 aromatic rings. The van der Waals surface area contributed by atoms with Crippen molar-refractivity contribution in [2.24, 2.45) is 0 Å². The third kappa shape index (κ3) is 3.79. The maximum absolute atomic E-state index is 10.7. The minimum Gasteiger partial charge on any atom is -0.480 e. The van der Waals surface area contributed by atoms with Crippen LogP contribution in [0.4, 0.5) is 0 Å². The van der Waals surface area contributed by atoms with Crippen molar-refractivity contribution in [1.82, 2.24) is 4.90 Å². The van der Waals surface area contributed by atoms with Gasteiger partial charge in [0.2, 0.25) is 0 Å². The van der Waals surface area contributed by atoms with Gasteiger partial charge in [0.25, 0.3) is 0 Å². The quantitative estimate of drug-likeness (QED) is 0.734. The molecule has 86 valence electrons. The van der Waals surface area contributed by atoms with Crippen molar-refractivity contribution in [3.8, 4) is 12.3 Å². The first-order chi connectivity index (χ1) is 7.63. The molecule has 1 N–H and O–H groups in total. The van der Waals surface area contributed by atoms with E-state index in [0.29, 0.717) is 13.0 Å². The zero-order valence-corrected chi connectivity index (χ0v) is 9.22. The highest BCUT2D eigenvalue weighted by atomic mass is 16.4. The Morgan fingerprint density at radius 1 is 1.75 bits per heavy atom. The van der Waals surface area contributed by atoms with Gasteiger partial charge in [-0.3, -0.25) is 9.69 Å². The van der Waals surface area contributed by atoms with Crippen LogP contribution in [0.2, 0.25) is 0 Å². The SMILES string of the molecule is C#CCN(CC(=O)O)C(C)Cc1ccco1. The number of aliphatic carboxylic acids is 1. The molecular formula is C12H15NO3. The van der Waals surface area contributed by atoms with Gasteiger partial charge in [0.1, 0.15) is 5.76 Å². The molecule has 16 heavy (non-hydrogen) atoms. The molecular weight excluding hydrogens is 206 g/mol. The average Bonchev–Trinajstić information content (AvgIpc) is 2.69. The Hall–Kier alpha value is -1.73. The number of hydrogen-bond donors (Lipinski definition) is 1. The topological polar surface area (TPSA) is 53.7 Å². The Morgan fingerprint density at radius 2 is 2.50 bits per heavy atom. The monoisotopic (exact) mass is 221 g/mol. The molecule has 1 atom stereocenters. The first-order valence-electron chi connectivity index (χ1n) is 5.05. The highest BCUT2D eigenvalue weighted by molar-refractivity contribution is 5.69. The van der Waals surface area contributed by atoms with Crippen LogP contribution in [0.25, 0.3) is 0 Å². The lowest BCUT2D eigenvalue weighted by atomic mass is 10.1. The number of carboxylic acids is 1. The smallest absolute Gasteiger partial charge is 0.317 e. The van der Waals surface area contributed by atoms with Crippen LogP contribution in [-0.4, -0.2) is 35.1 Å². The third-order valence-corrected chi connectivity index (χ3v) is 2.33. The number of terminal acetylenes is 1. The number of carboxylic acid groups (broad SMARTS) is 1. The van der Waals surface area contributed by atoms with Gasteiger partial charge in [-0.2, -0.15) is 0 Å². The molecule has 0 aliphatic heterocycles. The van der Waals surface area contributed by atoms with Gasteiger partial charge < -0.3 is 9.52 Å². The van der Waals surface area contributed by atoms with Crippen molar-refractivity contribution in [2.45, 2.75) is 19.4 Å². The summed E-state index contributed by atoms with van der Waals surface area (Å²) in [5.41, 5.74) is 0. The largest absolute Gasteiger partial charge is 0.480 e. The standard InChI is InChI=1S/C12H15NO3/c1-3-6-13(9-12(14)15)10(2)8-11-5-4-7-16-11/h1,4-5,7,10H,6,8-9H2,2H3,(H,14,15). The molecule has 0 amide bonds. The van der Waals surface area contributed by atoms with Gasteiger partial charge in [-0.05, 0) is 19.1 Å². The van der Waals surface area contributed by atoms with Crippen LogP contribution >= 0.6 is 0 Å². The summed E-state index contributed by atoms with van der Waals surface area (Å²) in [7, 11) is 0. The van der Waals surface area contributed by atoms with Crippen molar-refractivity contribution >= 4 is 5.97 Å². The molecule has 0 saturated carbocycles. The van der Waals surface area contributed by atoms with Crippen LogP contribution in [0.1, 0.15) is 12.7 Å². The van der Waals surface area contributed by atoms with E-state index in [1.165, 1.54) is 0 Å². The average molecular weight is 221 g/mol. The van der Waals surface area contributed by atoms with Gasteiger partial charge in [0.15, 0.2) is 0 Å². The van der Waals surface area contributed by atoms with Gasteiger partial charge in [0.05, 0.1) is 19.4 Å². The van der Waals surface area contributed by atoms with Gasteiger partial charge in [0, 0.05) is 12.5 Å². The van der Waals surface area contributed by atoms with Crippen molar-refractivity contribution in [2.75, 3.05) is 13.1 Å². The summed E-state index contributed by atoms with van der Waals surface area (Å²) in [5, 5.41) is 8.75. The molecule has 0 aliphatic rings. The molecule has 1 aromatic heterocycles. The van der Waals surface area contributed by atoms with Crippen molar-refractivity contribution in [1.29, 1.82) is 0 Å². The Kier molecular flexibility index (Phi) is 4.62. The lowest BCUT2D eigenvalue weighted by Crippen LogP contribution is -2.38. The second-order valence-electron chi connectivity index (χ2n) is 3.64. The van der Waals surface area contributed by atoms with E-state index in [-0.39, 0.29) is 12.6 Å². The van der Waals surface area contributed by atoms with Crippen molar-refractivity contribution in [3.63, 3.8) is 0 Å². The molecule has 0 radical (unpaired) electrons. The molecule has 4 heteroatoms. The van der Waals surface area contributed by atoms with Crippen LogP contribution in [0.5, 0.6) is 0 Å². The van der Waals surface area contributed by atoms with Crippen molar-refractivity contribution in [3.05, 3.63) is 24.2 Å². The maximum Gasteiger partial charge on any atom is 0.317 e. The van der Waals surface area contributed by atoms with Crippen LogP contribution in [0.3, 0.4) is 0 Å². The predicted molar refractivity (Wildman–Crippen MR) is 59.9 cm³/mol. The Bertz CT molecular complexity index is 364. The molecule has 0 saturated heterocycles. The Labute approximate surface area is 94.9 Å². The fourth-order valence-electron chi connectivity index (χ4n) is 1.51. The normalized spacial score (nSPS) is 12.3. The summed E-state index contributed by atoms with van der Waals surface area (Å²) in [6.45, 7) is 2.21. The molecule has 4 nitrogen and oxygen atoms in total. The molecule has 0 spiro atoms. The van der Waals surface area contributed by atoms with E-state index in [4.69, 9.17) is 15.9 Å². The fraction of sp³-hybridized carbons (Fsp3) is 0.417. The molecule has 0 aromatic carbocycles. The highest BCUT2D eigenvalue weighted by Gasteiger charge is 2.17. The predicted octanol–water partition coefficient (Wildman–Crippen LogP) is 1.23. The Balaban J connectivity index is 2.56. The summed E-state index contributed by atoms with van der Waals surface area (Å²) in [4.78, 5) is 12.4. The summed E-state index contributed by atoms with van der Waals surface area (Å²) < 4.78 is 5.21. The third-order valence-electron chi connectivity index (χ3n) is 2.33. The molecule has 0 aliphatic carbocycles. The van der Waals surface area contributed by atoms with Crippen LogP contribution in [0.15, 0.2) is 22.8 Å². The summed E-state index contributed by atoms with van der Waals surface area (Å²) >= 11 is 0. The maximum atomic E-state index is 10.7. The second kappa shape index (κ2) is 5.99. The van der Waals surface area contributed by atoms with Crippen molar-refractivity contribution < 1.29 is 14.3 Å². The lowest BCUT2D eigenvalue weighted by Gasteiger charge is -2.24. The zero-order valence-electron chi connectivity index (χ0n) is 9.22. The Morgan fingerprint density at radius 3 is 3.00 bits per heavy atom. The zero-order chi connectivity index (χ0) is 12.0. The van der Waals surface area contributed by atoms with E-state index < -0.39 is 5.97 Å². The van der Waals surface area contributed by atoms with E-state index in [1.807, 2.05) is 19.1 Å². The molecule has 1 rings (SSSR count). The van der Waals surface area contributed by atoms with E-state index >= 15 is 0 Å². The summed E-state index contributed by atoms with van der Waals surface area (Å²) in [6.07, 6.45) is 7.46. The van der Waals surface area contributed by atoms with E-state index in [9.17, 15) is 4.79 Å². The number of carbonyl (C=O) groups is 1. The first kappa shape index (κ1) is 12.3. The fourth-order valence-corrected chi connectivity index (χ4v) is 1.51. The number of furan rings is 1. The van der Waals surface area contributed by atoms with Gasteiger partial charge >= 0.3 is 5.97 Å². The van der Waals surface area contributed by atoms with Crippen LogP contribution in [0, 0.1) is 12.3 Å². The molecule has 1 unspecified atom stereocenters. The lowest BCUT2D eigenvalue weighted by molar-refractivity contribution is -0.138. The van der Waals surface area contributed by atoms with E-state index in [0.717, 1.165) is 5.76 Å².